The fourth-order valence-corrected chi connectivity index (χ4v) is 4.40. The molecule has 0 aromatic rings. The molecule has 9 N–H and O–H groups in total. The molecule has 22 heavy (non-hydrogen) atoms. The summed E-state index contributed by atoms with van der Waals surface area (Å²) in [4.78, 5) is 71.0. The molecule has 0 aliphatic heterocycles. The van der Waals surface area contributed by atoms with Gasteiger partial charge in [0.25, 0.3) is 0 Å². The first-order valence-electron chi connectivity index (χ1n) is 3.81. The Labute approximate surface area is 120 Å². The van der Waals surface area contributed by atoms with Gasteiger partial charge < -0.3 is 44.0 Å². The predicted molar refractivity (Wildman–Crippen MR) is 61.3 cm³/mol. The standard InChI is InChI=1S/H6O13P4.H3O4P/c1-14(2,3)11-16(7,8)13-17(9,10)12-15(4,5)6;1-5(2,3)4/h(H,7,8)(H,9,10)(H2,1,2,3)(H2,4,5,6);(H3,1,2,3,4). The maximum Gasteiger partial charge on any atom is 0.490 e. The Morgan fingerprint density at radius 2 is 0.636 bits per heavy atom. The average molecular weight is 436 g/mol. The molecule has 0 rings (SSSR count). The van der Waals surface area contributed by atoms with Gasteiger partial charge in [-0.1, -0.05) is 0 Å². The van der Waals surface area contributed by atoms with Crippen LogP contribution in [0.25, 0.3) is 0 Å². The van der Waals surface area contributed by atoms with E-state index in [2.05, 4.69) is 12.9 Å². The second kappa shape index (κ2) is 8.17. The van der Waals surface area contributed by atoms with Crippen molar-refractivity contribution >= 4 is 39.1 Å². The van der Waals surface area contributed by atoms with Crippen LogP contribution in [0, 0.1) is 0 Å². The molecule has 22 heteroatoms. The van der Waals surface area contributed by atoms with Gasteiger partial charge in [-0.2, -0.15) is 12.9 Å². The summed E-state index contributed by atoms with van der Waals surface area (Å²) in [5.74, 6) is 0. The number of hydrogen-bond donors (Lipinski definition) is 9. The first-order chi connectivity index (χ1) is 9.12. The van der Waals surface area contributed by atoms with E-state index in [4.69, 9.17) is 48.6 Å². The van der Waals surface area contributed by atoms with Crippen LogP contribution in [-0.4, -0.2) is 44.0 Å². The summed E-state index contributed by atoms with van der Waals surface area (Å²) >= 11 is 0. The van der Waals surface area contributed by atoms with Gasteiger partial charge in [-0.15, -0.1) is 0 Å². The molecular formula is H9O17P5. The summed E-state index contributed by atoms with van der Waals surface area (Å²) < 4.78 is 59.8. The summed E-state index contributed by atoms with van der Waals surface area (Å²) in [6.45, 7) is 0. The summed E-state index contributed by atoms with van der Waals surface area (Å²) in [7, 11) is -27.3. The molecule has 0 saturated carbocycles. The molecule has 136 valence electrons. The average Bonchev–Trinajstić information content (AvgIpc) is 1.82. The third-order valence-corrected chi connectivity index (χ3v) is 5.63. The Balaban J connectivity index is 0. The van der Waals surface area contributed by atoms with Crippen molar-refractivity contribution in [1.82, 2.24) is 0 Å². The quantitative estimate of drug-likeness (QED) is 0.214. The van der Waals surface area contributed by atoms with Gasteiger partial charge in [0.2, 0.25) is 0 Å². The SMILES string of the molecule is O=P(O)(O)O.O=P(O)(O)OP(=O)(O)OP(=O)(O)OP(=O)(O)O. The lowest BCUT2D eigenvalue weighted by molar-refractivity contribution is 0.193. The zero-order valence-electron chi connectivity index (χ0n) is 9.53. The molecule has 2 atom stereocenters. The number of rotatable bonds is 6. The van der Waals surface area contributed by atoms with Crippen molar-refractivity contribution in [3.8, 4) is 0 Å². The lowest BCUT2D eigenvalue weighted by Crippen LogP contribution is -1.95. The van der Waals surface area contributed by atoms with Crippen molar-refractivity contribution in [2.75, 3.05) is 0 Å². The highest BCUT2D eigenvalue weighted by atomic mass is 31.3. The first-order valence-corrected chi connectivity index (χ1v) is 11.4. The Kier molecular flexibility index (Phi) is 9.25. The molecule has 0 aromatic heterocycles. The van der Waals surface area contributed by atoms with E-state index >= 15 is 0 Å². The van der Waals surface area contributed by atoms with E-state index < -0.39 is 39.1 Å². The molecule has 0 aliphatic carbocycles. The maximum absolute atomic E-state index is 10.7. The predicted octanol–water partition coefficient (Wildman–Crippen LogP) is -1.51. The normalized spacial score (nSPS) is 18.6. The minimum absolute atomic E-state index is 3.07. The van der Waals surface area contributed by atoms with E-state index in [-0.39, 0.29) is 0 Å². The summed E-state index contributed by atoms with van der Waals surface area (Å²) in [5.41, 5.74) is 0. The van der Waals surface area contributed by atoms with Crippen LogP contribution in [0.15, 0.2) is 0 Å². The van der Waals surface area contributed by atoms with E-state index in [1.807, 2.05) is 0 Å². The molecule has 0 radical (unpaired) electrons. The van der Waals surface area contributed by atoms with E-state index in [9.17, 15) is 18.3 Å². The second-order valence-corrected chi connectivity index (χ2v) is 9.50. The van der Waals surface area contributed by atoms with Crippen LogP contribution in [0.2, 0.25) is 0 Å². The van der Waals surface area contributed by atoms with Crippen molar-refractivity contribution in [2.45, 2.75) is 0 Å². The molecule has 0 saturated heterocycles. The molecule has 2 unspecified atom stereocenters. The van der Waals surface area contributed by atoms with Crippen molar-refractivity contribution in [1.29, 1.82) is 0 Å². The molecule has 0 aromatic carbocycles. The largest absolute Gasteiger partial charge is 0.490 e. The van der Waals surface area contributed by atoms with Gasteiger partial charge >= 0.3 is 39.1 Å². The zero-order valence-corrected chi connectivity index (χ0v) is 14.0. The Hall–Kier alpha value is 0.670. The van der Waals surface area contributed by atoms with Gasteiger partial charge in [-0.25, -0.2) is 22.8 Å². The third kappa shape index (κ3) is 22.9. The maximum atomic E-state index is 10.7. The molecule has 17 nitrogen and oxygen atoms in total. The van der Waals surface area contributed by atoms with E-state index in [1.165, 1.54) is 0 Å². The highest BCUT2D eigenvalue weighted by Crippen LogP contribution is 2.69. The van der Waals surface area contributed by atoms with E-state index in [1.54, 1.807) is 0 Å². The molecular weight excluding hydrogens is 427 g/mol. The Morgan fingerprint density at radius 3 is 0.773 bits per heavy atom. The summed E-state index contributed by atoms with van der Waals surface area (Å²) in [6, 6.07) is 0. The lowest BCUT2D eigenvalue weighted by atomic mass is 15.7. The molecule has 0 fully saturated rings. The van der Waals surface area contributed by atoms with Crippen LogP contribution in [0.5, 0.6) is 0 Å². The Bertz CT molecular complexity index is 526. The Morgan fingerprint density at radius 1 is 0.455 bits per heavy atom. The topological polar surface area (TPSA) is 295 Å². The van der Waals surface area contributed by atoms with Crippen LogP contribution in [-0.2, 0) is 35.8 Å². The van der Waals surface area contributed by atoms with Gasteiger partial charge in [0, 0.05) is 0 Å². The fourth-order valence-electron chi connectivity index (χ4n) is 0.429. The minimum Gasteiger partial charge on any atom is -0.303 e. The molecule has 0 amide bonds. The van der Waals surface area contributed by atoms with E-state index in [0.717, 1.165) is 0 Å². The number of phosphoric acid groups is 5. The van der Waals surface area contributed by atoms with Crippen molar-refractivity contribution in [3.63, 3.8) is 0 Å². The van der Waals surface area contributed by atoms with Crippen molar-refractivity contribution in [3.05, 3.63) is 0 Å². The monoisotopic (exact) mass is 436 g/mol. The first kappa shape index (κ1) is 24.9. The van der Waals surface area contributed by atoms with Crippen LogP contribution >= 0.6 is 39.1 Å². The summed E-state index contributed by atoms with van der Waals surface area (Å²) in [5, 5.41) is 0. The molecule has 0 heterocycles. The second-order valence-electron chi connectivity index (χ2n) is 2.68. The summed E-state index contributed by atoms with van der Waals surface area (Å²) in [6.07, 6.45) is 0. The van der Waals surface area contributed by atoms with Crippen molar-refractivity contribution < 1.29 is 79.8 Å². The lowest BCUT2D eigenvalue weighted by Gasteiger charge is -2.15. The molecule has 0 spiro atoms. The smallest absolute Gasteiger partial charge is 0.303 e. The van der Waals surface area contributed by atoms with Crippen LogP contribution in [0.3, 0.4) is 0 Å². The van der Waals surface area contributed by atoms with E-state index in [0.29, 0.717) is 0 Å². The zero-order chi connectivity index (χ0) is 18.6. The van der Waals surface area contributed by atoms with Crippen LogP contribution in [0.4, 0.5) is 0 Å². The molecule has 0 bridgehead atoms. The van der Waals surface area contributed by atoms with Gasteiger partial charge in [-0.3, -0.25) is 0 Å². The van der Waals surface area contributed by atoms with Gasteiger partial charge in [0.05, 0.1) is 0 Å². The van der Waals surface area contributed by atoms with Gasteiger partial charge in [0.1, 0.15) is 0 Å². The van der Waals surface area contributed by atoms with Gasteiger partial charge in [-0.05, 0) is 0 Å². The minimum atomic E-state index is -5.77. The highest BCUT2D eigenvalue weighted by Gasteiger charge is 2.43. The third-order valence-electron chi connectivity index (χ3n) is 0.625. The van der Waals surface area contributed by atoms with Crippen LogP contribution < -0.4 is 0 Å². The number of hydrogen-bond acceptors (Lipinski definition) is 8. The highest BCUT2D eigenvalue weighted by molar-refractivity contribution is 7.69. The van der Waals surface area contributed by atoms with Crippen molar-refractivity contribution in [2.24, 2.45) is 0 Å². The van der Waals surface area contributed by atoms with Gasteiger partial charge in [0.15, 0.2) is 0 Å². The van der Waals surface area contributed by atoms with Crippen LogP contribution in [0.1, 0.15) is 0 Å². The molecule has 0 aliphatic rings. The fraction of sp³-hybridized carbons (Fsp3) is 0.